The third kappa shape index (κ3) is 23.5. The summed E-state index contributed by atoms with van der Waals surface area (Å²) in [7, 11) is -4.46. The number of rotatable bonds is 40. The molecule has 0 saturated heterocycles. The van der Waals surface area contributed by atoms with Gasteiger partial charge in [-0.2, -0.15) is 21.4 Å². The lowest BCUT2D eigenvalue weighted by Gasteiger charge is -2.27. The Hall–Kier alpha value is -8.13. The smallest absolute Gasteiger partial charge is 0.326 e. The van der Waals surface area contributed by atoms with Gasteiger partial charge in [0.05, 0.1) is 16.9 Å². The number of carboxylic acids is 2. The van der Waals surface area contributed by atoms with Gasteiger partial charge in [0.25, 0.3) is 20.2 Å². The van der Waals surface area contributed by atoms with Gasteiger partial charge in [0.1, 0.15) is 41.7 Å². The van der Waals surface area contributed by atoms with Gasteiger partial charge in [-0.25, -0.2) is 14.4 Å². The number of carbonyl (C=O) groups excluding carboxylic acids is 4. The van der Waals surface area contributed by atoms with Crippen LogP contribution in [0, 0.1) is 12.8 Å². The number of anilines is 1. The number of ether oxygens (including phenoxy) is 1. The molecule has 0 radical (unpaired) electrons. The molecule has 2 aliphatic heterocycles. The lowest BCUT2D eigenvalue weighted by atomic mass is 9.81. The predicted octanol–water partition coefficient (Wildman–Crippen LogP) is 10.5. The van der Waals surface area contributed by atoms with Crippen molar-refractivity contribution < 1.29 is 74.2 Å². The fourth-order valence-electron chi connectivity index (χ4n) is 13.3. The van der Waals surface area contributed by atoms with E-state index in [9.17, 15) is 64.9 Å². The summed E-state index contributed by atoms with van der Waals surface area (Å²) in [6.07, 6.45) is 13.1. The summed E-state index contributed by atoms with van der Waals surface area (Å²) < 4.78 is 75.2. The van der Waals surface area contributed by atoms with Crippen LogP contribution in [0.2, 0.25) is 0 Å². The number of Topliss-reactive ketones (excluding diaryl/α,β-unsaturated/α-hetero) is 2. The third-order valence-corrected chi connectivity index (χ3v) is 20.5. The molecule has 3 aliphatic rings. The lowest BCUT2D eigenvalue weighted by Crippen LogP contribution is -2.46. The Morgan fingerprint density at radius 3 is 1.99 bits per heavy atom. The van der Waals surface area contributed by atoms with E-state index in [0.29, 0.717) is 95.0 Å². The highest BCUT2D eigenvalue weighted by Crippen LogP contribution is 2.49. The van der Waals surface area contributed by atoms with Gasteiger partial charge in [-0.15, -0.1) is 0 Å². The van der Waals surface area contributed by atoms with Gasteiger partial charge in [-0.1, -0.05) is 98.3 Å². The molecule has 100 heavy (non-hydrogen) atoms. The molecule has 7 N–H and O–H groups in total. The molecule has 3 atom stereocenters. The first kappa shape index (κ1) is 79.2. The molecular weight excluding hydrogens is 1320 g/mol. The van der Waals surface area contributed by atoms with Crippen molar-refractivity contribution in [1.29, 1.82) is 0 Å². The molecule has 2 heterocycles. The first-order chi connectivity index (χ1) is 47.3. The van der Waals surface area contributed by atoms with Gasteiger partial charge in [0.2, 0.25) is 11.6 Å². The zero-order valence-corrected chi connectivity index (χ0v) is 60.8. The zero-order valence-electron chi connectivity index (χ0n) is 59.1. The fraction of sp³-hybridized carbons (Fsp3) is 0.487. The number of hydrogen-bond donors (Lipinski definition) is 7. The van der Waals surface area contributed by atoms with Crippen molar-refractivity contribution in [2.24, 2.45) is 5.92 Å². The number of allylic oxidation sites excluding steroid dienone is 7. The Morgan fingerprint density at radius 2 is 1.32 bits per heavy atom. The molecule has 542 valence electrons. The normalized spacial score (nSPS) is 16.8. The number of aliphatic carboxylic acids is 2. The number of hydrogen-bond acceptors (Lipinski definition) is 14. The summed E-state index contributed by atoms with van der Waals surface area (Å²) in [5.74, 6) is -3.69. The fourth-order valence-corrected chi connectivity index (χ4v) is 14.4. The van der Waals surface area contributed by atoms with E-state index in [1.165, 1.54) is 0 Å². The van der Waals surface area contributed by atoms with Crippen molar-refractivity contribution in [2.75, 3.05) is 76.3 Å². The van der Waals surface area contributed by atoms with E-state index in [-0.39, 0.29) is 80.9 Å². The summed E-state index contributed by atoms with van der Waals surface area (Å²) in [4.78, 5) is 83.5. The number of carboxylic acid groups (broad SMARTS) is 2. The number of likely N-dealkylation sites (N-methyl/N-ethyl adjacent to an activating group) is 2. The van der Waals surface area contributed by atoms with Gasteiger partial charge in [-0.05, 0) is 164 Å². The average molecular weight is 1420 g/mol. The van der Waals surface area contributed by atoms with E-state index in [1.54, 1.807) is 31.2 Å². The van der Waals surface area contributed by atoms with Crippen LogP contribution < -0.4 is 25.6 Å². The van der Waals surface area contributed by atoms with Crippen LogP contribution in [0.5, 0.6) is 5.75 Å². The van der Waals surface area contributed by atoms with Crippen LogP contribution >= 0.6 is 0 Å². The predicted molar refractivity (Wildman–Crippen MR) is 389 cm³/mol. The minimum atomic E-state index is -4.14. The van der Waals surface area contributed by atoms with E-state index in [2.05, 4.69) is 120 Å². The maximum Gasteiger partial charge on any atom is 0.326 e. The minimum Gasteiger partial charge on any atom is -0.480 e. The summed E-state index contributed by atoms with van der Waals surface area (Å²) >= 11 is 0. The number of nitrogens with one attached hydrogen (secondary N) is 3. The molecule has 0 fully saturated rings. The summed E-state index contributed by atoms with van der Waals surface area (Å²) in [5.41, 5.74) is 9.75. The number of urea groups is 1. The molecule has 0 aromatic heterocycles. The molecule has 0 spiro atoms. The second kappa shape index (κ2) is 36.5. The van der Waals surface area contributed by atoms with E-state index in [1.807, 2.05) is 61.5 Å². The van der Waals surface area contributed by atoms with Crippen molar-refractivity contribution in [3.63, 3.8) is 0 Å². The monoisotopic (exact) mass is 1420 g/mol. The quantitative estimate of drug-likeness (QED) is 0.0124. The van der Waals surface area contributed by atoms with E-state index in [4.69, 9.17) is 4.74 Å². The van der Waals surface area contributed by atoms with Crippen molar-refractivity contribution in [3.8, 4) is 5.75 Å². The van der Waals surface area contributed by atoms with Crippen molar-refractivity contribution in [1.82, 2.24) is 25.8 Å². The Kier molecular flexibility index (Phi) is 28.9. The summed E-state index contributed by atoms with van der Waals surface area (Å²) in [5, 5.41) is 27.8. The van der Waals surface area contributed by atoms with E-state index >= 15 is 0 Å². The molecule has 0 bridgehead atoms. The van der Waals surface area contributed by atoms with Crippen LogP contribution in [-0.4, -0.2) is 175 Å². The average Bonchev–Trinajstić information content (AvgIpc) is 1.60. The van der Waals surface area contributed by atoms with Gasteiger partial charge in [-0.3, -0.25) is 23.5 Å². The molecule has 1 aliphatic carbocycles. The second-order valence-electron chi connectivity index (χ2n) is 27.7. The molecule has 0 unspecified atom stereocenters. The maximum absolute atomic E-state index is 14.3. The number of ketones is 2. The highest BCUT2D eigenvalue weighted by atomic mass is 32.2. The Labute approximate surface area is 590 Å². The third-order valence-electron chi connectivity index (χ3n) is 18.9. The van der Waals surface area contributed by atoms with E-state index in [0.717, 1.165) is 62.6 Å². The summed E-state index contributed by atoms with van der Waals surface area (Å²) in [6, 6.07) is 27.7. The number of para-hydroxylation sites is 1. The number of carbonyl (C=O) groups is 6. The number of unbranched alkanes of at least 4 members (excludes halogenated alkanes) is 2. The highest BCUT2D eigenvalue weighted by Gasteiger charge is 2.44. The standard InChI is InChI=1S/C76H101N7O15S2/c1-9-77-74(91)79-64(72(87)88)36-33-59(84)25-20-41-80(7)45-46-81(8)44-40-60(85)52-58(50-54-21-11-10-12-22-54)71(86)78-65(73(89)90)51-55-29-34-61(35-30-55)98-70-56(31-38-68-75(3,4)62-26-13-14-27-66(62)82(68)42-15-17-47-99(92,93)94)23-19-24-57(70)32-39-69-76(5,6)63-49-53(2)28-37-67(63)83(69)43-16-18-48-100(95,96)97/h10-14,21-22,26-32,34-35,37-39,49,58,64-65H,9,15-20,23-25,33,36,40-48,50-52H2,1-8H3,(H6-,77,78,79,86,87,88,89,90,91,92,93,94,95,96,97)/p+1/t58-,64+,65+/m1/s1. The largest absolute Gasteiger partial charge is 0.480 e. The van der Waals surface area contributed by atoms with Crippen molar-refractivity contribution >= 4 is 72.8 Å². The molecule has 7 rings (SSSR count). The molecule has 22 nitrogen and oxygen atoms in total. The maximum atomic E-state index is 14.3. The van der Waals surface area contributed by atoms with Crippen LogP contribution in [-0.2, 0) is 67.9 Å². The van der Waals surface area contributed by atoms with Crippen molar-refractivity contribution in [3.05, 3.63) is 172 Å². The minimum absolute atomic E-state index is 0.00964. The number of nitrogens with zero attached hydrogens (tertiary/aromatic N) is 4. The SMILES string of the molecule is CCNC(=O)N[C@@H](CCC(=O)CCCN(C)CCN(C)CCC(=O)C[C@@H](Cc1ccccc1)C(=O)N[C@@H](Cc1ccc(OC2=C(/C=C/C3=[N+](CCCCS(=O)(=O)O)c4ccccc4C3(C)C)CCC/C2=C\C=C2\N(CCCCS(=O)(=O)O)c3ccc(C)cc3C2(C)C)cc1)C(=O)O)C(=O)O. The van der Waals surface area contributed by atoms with Gasteiger partial charge >= 0.3 is 18.0 Å². The number of fused-ring (bicyclic) bond motifs is 2. The first-order valence-electron chi connectivity index (χ1n) is 34.7. The molecule has 4 aromatic carbocycles. The molecule has 24 heteroatoms. The van der Waals surface area contributed by atoms with Crippen LogP contribution in [0.4, 0.5) is 16.2 Å². The Morgan fingerprint density at radius 1 is 0.670 bits per heavy atom. The highest BCUT2D eigenvalue weighted by molar-refractivity contribution is 7.86. The molecule has 3 amide bonds. The second-order valence-corrected chi connectivity index (χ2v) is 30.8. The number of benzene rings is 4. The summed E-state index contributed by atoms with van der Waals surface area (Å²) in [6.45, 7) is 16.1. The van der Waals surface area contributed by atoms with Crippen LogP contribution in [0.15, 0.2) is 144 Å². The first-order valence-corrected chi connectivity index (χ1v) is 37.9. The Bertz CT molecular complexity index is 3960. The molecule has 4 aromatic rings. The molecular formula is C76H102N7O15S2+. The zero-order chi connectivity index (χ0) is 73.0. The van der Waals surface area contributed by atoms with Gasteiger partial charge in [0.15, 0.2) is 5.71 Å². The van der Waals surface area contributed by atoms with E-state index < -0.39 is 72.9 Å². The van der Waals surface area contributed by atoms with Crippen molar-refractivity contribution in [2.45, 2.75) is 161 Å². The lowest BCUT2D eigenvalue weighted by molar-refractivity contribution is -0.438. The molecule has 0 saturated carbocycles. The Balaban J connectivity index is 1.07. The van der Waals surface area contributed by atoms with Crippen LogP contribution in [0.1, 0.15) is 146 Å². The van der Waals surface area contributed by atoms with Gasteiger partial charge in [0, 0.05) is 112 Å². The number of amides is 3. The topological polar surface area (TPSA) is 310 Å². The van der Waals surface area contributed by atoms with Crippen LogP contribution in [0.25, 0.3) is 0 Å². The number of aryl methyl sites for hydroxylation is 1. The van der Waals surface area contributed by atoms with Crippen LogP contribution in [0.3, 0.4) is 0 Å². The van der Waals surface area contributed by atoms with Gasteiger partial charge < -0.3 is 45.6 Å².